The third-order valence-corrected chi connectivity index (χ3v) is 2.51. The van der Waals surface area contributed by atoms with E-state index in [9.17, 15) is 0 Å². The summed E-state index contributed by atoms with van der Waals surface area (Å²) in [4.78, 5) is 4.30. The Morgan fingerprint density at radius 3 is 2.69 bits per heavy atom. The van der Waals surface area contributed by atoms with Crippen LogP contribution in [0.2, 0.25) is 0 Å². The molecule has 0 N–H and O–H groups in total. The summed E-state index contributed by atoms with van der Waals surface area (Å²) in [7, 11) is 0. The Hall–Kier alpha value is -1.17. The maximum Gasteiger partial charge on any atom is 0.273 e. The minimum Gasteiger partial charge on any atom is -0.201 e. The topological polar surface area (TPSA) is 56.0 Å². The zero-order valence-corrected chi connectivity index (χ0v) is 8.46. The lowest BCUT2D eigenvalue weighted by Gasteiger charge is -2.00. The Bertz CT molecular complexity index is 449. The lowest BCUT2D eigenvalue weighted by molar-refractivity contribution is 0.796. The average molecular weight is 195 g/mol. The van der Waals surface area contributed by atoms with Crippen molar-refractivity contribution in [1.82, 2.24) is 24.8 Å². The van der Waals surface area contributed by atoms with Crippen molar-refractivity contribution in [3.05, 3.63) is 11.5 Å². The second-order valence-electron chi connectivity index (χ2n) is 2.67. The molecule has 13 heavy (non-hydrogen) atoms. The Balaban J connectivity index is 2.76. The molecule has 0 saturated carbocycles. The van der Waals surface area contributed by atoms with Gasteiger partial charge in [0.05, 0.1) is 5.69 Å². The van der Waals surface area contributed by atoms with Crippen LogP contribution in [0.3, 0.4) is 0 Å². The van der Waals surface area contributed by atoms with Gasteiger partial charge in [-0.05, 0) is 20.1 Å². The van der Waals surface area contributed by atoms with E-state index in [-0.39, 0.29) is 0 Å². The van der Waals surface area contributed by atoms with Crippen LogP contribution in [0.25, 0.3) is 5.78 Å². The van der Waals surface area contributed by atoms with Crippen molar-refractivity contribution in [1.29, 1.82) is 0 Å². The minimum absolute atomic E-state index is 0.562. The first-order chi connectivity index (χ1) is 6.22. The van der Waals surface area contributed by atoms with Crippen LogP contribution in [0.15, 0.2) is 5.03 Å². The first kappa shape index (κ1) is 8.43. The van der Waals surface area contributed by atoms with Crippen LogP contribution in [0.5, 0.6) is 0 Å². The molecule has 2 aromatic heterocycles. The molecule has 0 amide bonds. The van der Waals surface area contributed by atoms with E-state index < -0.39 is 0 Å². The van der Waals surface area contributed by atoms with E-state index in [2.05, 4.69) is 20.3 Å². The van der Waals surface area contributed by atoms with Crippen LogP contribution in [-0.2, 0) is 0 Å². The maximum absolute atomic E-state index is 4.31. The molecule has 0 saturated heterocycles. The zero-order valence-electron chi connectivity index (χ0n) is 7.64. The SMILES string of the molecule is CSc1nc2nnc(C)n2nc1C. The van der Waals surface area contributed by atoms with Crippen LogP contribution >= 0.6 is 11.8 Å². The number of aromatic nitrogens is 5. The van der Waals surface area contributed by atoms with Crippen molar-refractivity contribution in [2.24, 2.45) is 0 Å². The van der Waals surface area contributed by atoms with Gasteiger partial charge in [-0.15, -0.1) is 22.0 Å². The standard InChI is InChI=1S/C7H9N5S/c1-4-6(13-3)8-7-10-9-5(2)12(7)11-4/h1-3H3. The molecule has 0 aromatic carbocycles. The fourth-order valence-electron chi connectivity index (χ4n) is 1.09. The molecule has 2 rings (SSSR count). The highest BCUT2D eigenvalue weighted by molar-refractivity contribution is 7.98. The highest BCUT2D eigenvalue weighted by Gasteiger charge is 2.07. The number of nitrogens with zero attached hydrogens (tertiary/aromatic N) is 5. The van der Waals surface area contributed by atoms with E-state index in [1.807, 2.05) is 20.1 Å². The fourth-order valence-corrected chi connectivity index (χ4v) is 1.60. The normalized spacial score (nSPS) is 11.0. The van der Waals surface area contributed by atoms with Crippen LogP contribution in [0.1, 0.15) is 11.5 Å². The van der Waals surface area contributed by atoms with Crippen LogP contribution in [0.4, 0.5) is 0 Å². The van der Waals surface area contributed by atoms with E-state index >= 15 is 0 Å². The largest absolute Gasteiger partial charge is 0.273 e. The minimum atomic E-state index is 0.562. The second-order valence-corrected chi connectivity index (χ2v) is 3.46. The molecular weight excluding hydrogens is 186 g/mol. The van der Waals surface area contributed by atoms with Crippen molar-refractivity contribution < 1.29 is 0 Å². The summed E-state index contributed by atoms with van der Waals surface area (Å²) in [5.41, 5.74) is 0.905. The molecule has 68 valence electrons. The Morgan fingerprint density at radius 1 is 1.23 bits per heavy atom. The average Bonchev–Trinajstić information content (AvgIpc) is 2.47. The van der Waals surface area contributed by atoms with Gasteiger partial charge >= 0.3 is 0 Å². The number of rotatable bonds is 1. The van der Waals surface area contributed by atoms with Gasteiger partial charge in [0.2, 0.25) is 0 Å². The van der Waals surface area contributed by atoms with Crippen LogP contribution in [0, 0.1) is 13.8 Å². The molecular formula is C7H9N5S. The van der Waals surface area contributed by atoms with Crippen molar-refractivity contribution in [2.75, 3.05) is 6.26 Å². The molecule has 0 fully saturated rings. The molecule has 5 nitrogen and oxygen atoms in total. The third-order valence-electron chi connectivity index (χ3n) is 1.73. The molecule has 0 aliphatic rings. The summed E-state index contributed by atoms with van der Waals surface area (Å²) in [5.74, 6) is 1.32. The quantitative estimate of drug-likeness (QED) is 0.632. The van der Waals surface area contributed by atoms with Crippen LogP contribution in [-0.4, -0.2) is 31.1 Å². The highest BCUT2D eigenvalue weighted by atomic mass is 32.2. The zero-order chi connectivity index (χ0) is 9.42. The van der Waals surface area contributed by atoms with Gasteiger partial charge < -0.3 is 0 Å². The molecule has 0 atom stereocenters. The molecule has 0 aliphatic heterocycles. The van der Waals surface area contributed by atoms with E-state index in [4.69, 9.17) is 0 Å². The summed E-state index contributed by atoms with van der Waals surface area (Å²) >= 11 is 1.56. The summed E-state index contributed by atoms with van der Waals surface area (Å²) in [6.45, 7) is 3.78. The summed E-state index contributed by atoms with van der Waals surface area (Å²) < 4.78 is 1.65. The van der Waals surface area contributed by atoms with Gasteiger partial charge in [0.15, 0.2) is 5.82 Å². The van der Waals surface area contributed by atoms with Gasteiger partial charge in [-0.25, -0.2) is 4.98 Å². The number of hydrogen-bond acceptors (Lipinski definition) is 5. The first-order valence-corrected chi connectivity index (χ1v) is 5.05. The third kappa shape index (κ3) is 1.27. The molecule has 0 spiro atoms. The van der Waals surface area contributed by atoms with Gasteiger partial charge in [0.25, 0.3) is 5.78 Å². The van der Waals surface area contributed by atoms with E-state index in [0.717, 1.165) is 16.5 Å². The molecule has 2 aromatic rings. The second kappa shape index (κ2) is 2.95. The predicted molar refractivity (Wildman–Crippen MR) is 49.8 cm³/mol. The van der Waals surface area contributed by atoms with E-state index in [1.165, 1.54) is 0 Å². The van der Waals surface area contributed by atoms with Crippen molar-refractivity contribution in [3.63, 3.8) is 0 Å². The van der Waals surface area contributed by atoms with Crippen LogP contribution < -0.4 is 0 Å². The first-order valence-electron chi connectivity index (χ1n) is 3.83. The lowest BCUT2D eigenvalue weighted by Crippen LogP contribution is -2.01. The fraction of sp³-hybridized carbons (Fsp3) is 0.429. The number of hydrogen-bond donors (Lipinski definition) is 0. The summed E-state index contributed by atoms with van der Waals surface area (Å²) in [6.07, 6.45) is 1.97. The molecule has 0 unspecified atom stereocenters. The number of aryl methyl sites for hydroxylation is 2. The molecule has 0 bridgehead atoms. The summed E-state index contributed by atoms with van der Waals surface area (Å²) in [6, 6.07) is 0. The smallest absolute Gasteiger partial charge is 0.201 e. The van der Waals surface area contributed by atoms with Crippen molar-refractivity contribution >= 4 is 17.5 Å². The van der Waals surface area contributed by atoms with Gasteiger partial charge in [0.1, 0.15) is 5.03 Å². The molecule has 0 aliphatic carbocycles. The van der Waals surface area contributed by atoms with Gasteiger partial charge in [0, 0.05) is 0 Å². The monoisotopic (exact) mass is 195 g/mol. The van der Waals surface area contributed by atoms with E-state index in [0.29, 0.717) is 5.78 Å². The Kier molecular flexibility index (Phi) is 1.91. The Labute approximate surface area is 79.6 Å². The molecule has 0 radical (unpaired) electrons. The summed E-state index contributed by atoms with van der Waals surface area (Å²) in [5, 5.41) is 13.0. The predicted octanol–water partition coefficient (Wildman–Crippen LogP) is 0.858. The molecule has 2 heterocycles. The van der Waals surface area contributed by atoms with Gasteiger partial charge in [-0.2, -0.15) is 9.61 Å². The Morgan fingerprint density at radius 2 is 2.00 bits per heavy atom. The van der Waals surface area contributed by atoms with Gasteiger partial charge in [-0.1, -0.05) is 0 Å². The number of thioether (sulfide) groups is 1. The van der Waals surface area contributed by atoms with Crippen molar-refractivity contribution in [3.8, 4) is 0 Å². The lowest BCUT2D eigenvalue weighted by atomic mass is 10.5. The number of fused-ring (bicyclic) bond motifs is 1. The maximum atomic E-state index is 4.31. The molecule has 6 heteroatoms. The van der Waals surface area contributed by atoms with Gasteiger partial charge in [-0.3, -0.25) is 0 Å². The van der Waals surface area contributed by atoms with E-state index in [1.54, 1.807) is 16.3 Å². The van der Waals surface area contributed by atoms with Crippen molar-refractivity contribution in [2.45, 2.75) is 18.9 Å². The highest BCUT2D eigenvalue weighted by Crippen LogP contribution is 2.14.